The number of carbonyl (C=O) groups excluding carboxylic acids is 1. The van der Waals surface area contributed by atoms with E-state index in [1.165, 1.54) is 12.1 Å². The summed E-state index contributed by atoms with van der Waals surface area (Å²) in [5.74, 6) is 0.103. The summed E-state index contributed by atoms with van der Waals surface area (Å²) < 4.78 is 24.4. The lowest BCUT2D eigenvalue weighted by Gasteiger charge is -2.10. The highest BCUT2D eigenvalue weighted by Gasteiger charge is 2.16. The van der Waals surface area contributed by atoms with E-state index in [2.05, 4.69) is 15.5 Å². The van der Waals surface area contributed by atoms with E-state index in [1.807, 2.05) is 0 Å². The maximum absolute atomic E-state index is 13.4. The quantitative estimate of drug-likeness (QED) is 0.460. The second-order valence-corrected chi connectivity index (χ2v) is 6.71. The van der Waals surface area contributed by atoms with E-state index in [9.17, 15) is 9.18 Å². The predicted octanol–water partition coefficient (Wildman–Crippen LogP) is 5.21. The fourth-order valence-electron chi connectivity index (χ4n) is 2.76. The number of nitrogens with one attached hydrogen (secondary N) is 1. The molecule has 1 amide bonds. The number of amides is 1. The smallest absolute Gasteiger partial charge is 0.262 e. The molecule has 6 nitrogen and oxygen atoms in total. The van der Waals surface area contributed by atoms with Crippen LogP contribution in [-0.4, -0.2) is 22.7 Å². The van der Waals surface area contributed by atoms with Crippen molar-refractivity contribution in [2.75, 3.05) is 11.9 Å². The minimum absolute atomic E-state index is 0.179. The summed E-state index contributed by atoms with van der Waals surface area (Å²) in [6, 6.07) is 19.7. The van der Waals surface area contributed by atoms with Crippen molar-refractivity contribution in [1.29, 1.82) is 0 Å². The molecule has 30 heavy (non-hydrogen) atoms. The molecule has 1 heterocycles. The molecule has 3 aromatic carbocycles. The van der Waals surface area contributed by atoms with E-state index in [0.29, 0.717) is 27.6 Å². The third-order valence-electron chi connectivity index (χ3n) is 4.09. The van der Waals surface area contributed by atoms with Crippen LogP contribution in [0, 0.1) is 5.82 Å². The molecule has 0 aliphatic heterocycles. The standard InChI is InChI=1S/C22H15ClFN3O3/c23-15-6-4-8-17(12-15)25-20(28)13-29-19-10-2-1-9-18(19)21-26-22(30-27-21)14-5-3-7-16(24)11-14/h1-12H,13H2,(H,25,28). The van der Waals surface area contributed by atoms with Crippen LogP contribution in [0.25, 0.3) is 22.8 Å². The normalized spacial score (nSPS) is 10.6. The first kappa shape index (κ1) is 19.6. The SMILES string of the molecule is O=C(COc1ccccc1-c1noc(-c2cccc(F)c2)n1)Nc1cccc(Cl)c1. The molecule has 4 rings (SSSR count). The van der Waals surface area contributed by atoms with Crippen molar-refractivity contribution in [3.05, 3.63) is 83.6 Å². The van der Waals surface area contributed by atoms with Crippen LogP contribution in [0.2, 0.25) is 5.02 Å². The second-order valence-electron chi connectivity index (χ2n) is 6.28. The molecule has 4 aromatic rings. The van der Waals surface area contributed by atoms with Crippen molar-refractivity contribution in [3.63, 3.8) is 0 Å². The molecule has 0 aliphatic rings. The summed E-state index contributed by atoms with van der Waals surface area (Å²) >= 11 is 5.92. The Labute approximate surface area is 176 Å². The maximum atomic E-state index is 13.4. The van der Waals surface area contributed by atoms with Crippen molar-refractivity contribution in [2.45, 2.75) is 0 Å². The number of halogens is 2. The minimum atomic E-state index is -0.401. The Morgan fingerprint density at radius 1 is 1.07 bits per heavy atom. The number of hydrogen-bond donors (Lipinski definition) is 1. The molecule has 0 atom stereocenters. The Balaban J connectivity index is 1.48. The van der Waals surface area contributed by atoms with Crippen LogP contribution in [0.4, 0.5) is 10.1 Å². The van der Waals surface area contributed by atoms with Crippen molar-refractivity contribution in [2.24, 2.45) is 0 Å². The number of aromatic nitrogens is 2. The molecule has 0 saturated heterocycles. The molecule has 0 fully saturated rings. The van der Waals surface area contributed by atoms with Crippen LogP contribution in [0.3, 0.4) is 0 Å². The Hall–Kier alpha value is -3.71. The first-order valence-corrected chi connectivity index (χ1v) is 9.33. The van der Waals surface area contributed by atoms with E-state index in [0.717, 1.165) is 0 Å². The molecular formula is C22H15ClFN3O3. The van der Waals surface area contributed by atoms with E-state index in [-0.39, 0.29) is 24.2 Å². The van der Waals surface area contributed by atoms with Gasteiger partial charge in [-0.1, -0.05) is 41.0 Å². The number of anilines is 1. The summed E-state index contributed by atoms with van der Waals surface area (Å²) in [5, 5.41) is 7.18. The first-order chi connectivity index (χ1) is 14.6. The number of rotatable bonds is 6. The molecule has 0 radical (unpaired) electrons. The average Bonchev–Trinajstić information content (AvgIpc) is 3.23. The van der Waals surface area contributed by atoms with Crippen molar-refractivity contribution < 1.29 is 18.4 Å². The van der Waals surface area contributed by atoms with Gasteiger partial charge < -0.3 is 14.6 Å². The topological polar surface area (TPSA) is 77.2 Å². The summed E-state index contributed by atoms with van der Waals surface area (Å²) in [6.07, 6.45) is 0. The number of para-hydroxylation sites is 1. The number of benzene rings is 3. The van der Waals surface area contributed by atoms with Gasteiger partial charge >= 0.3 is 0 Å². The lowest BCUT2D eigenvalue weighted by atomic mass is 10.2. The Morgan fingerprint density at radius 2 is 1.90 bits per heavy atom. The van der Waals surface area contributed by atoms with Crippen LogP contribution < -0.4 is 10.1 Å². The highest BCUT2D eigenvalue weighted by molar-refractivity contribution is 6.30. The Bertz CT molecular complexity index is 1200. The maximum Gasteiger partial charge on any atom is 0.262 e. The van der Waals surface area contributed by atoms with Gasteiger partial charge in [0.2, 0.25) is 5.82 Å². The second kappa shape index (κ2) is 8.75. The largest absolute Gasteiger partial charge is 0.483 e. The number of ether oxygens (including phenoxy) is 1. The van der Waals surface area contributed by atoms with Crippen LogP contribution in [0.1, 0.15) is 0 Å². The molecule has 1 N–H and O–H groups in total. The molecule has 1 aromatic heterocycles. The molecular weight excluding hydrogens is 409 g/mol. The summed E-state index contributed by atoms with van der Waals surface area (Å²) in [4.78, 5) is 16.5. The van der Waals surface area contributed by atoms with Gasteiger partial charge in [-0.05, 0) is 48.5 Å². The Kier molecular flexibility index (Phi) is 5.72. The van der Waals surface area contributed by atoms with Crippen molar-refractivity contribution in [1.82, 2.24) is 10.1 Å². The van der Waals surface area contributed by atoms with E-state index in [4.69, 9.17) is 20.9 Å². The van der Waals surface area contributed by atoms with Gasteiger partial charge in [-0.3, -0.25) is 4.79 Å². The molecule has 0 aliphatic carbocycles. The van der Waals surface area contributed by atoms with Gasteiger partial charge in [-0.2, -0.15) is 4.98 Å². The number of carbonyl (C=O) groups is 1. The highest BCUT2D eigenvalue weighted by Crippen LogP contribution is 2.29. The summed E-state index contributed by atoms with van der Waals surface area (Å²) in [6.45, 7) is -0.224. The molecule has 0 unspecified atom stereocenters. The Morgan fingerprint density at radius 3 is 2.73 bits per heavy atom. The van der Waals surface area contributed by atoms with Gasteiger partial charge in [0.15, 0.2) is 6.61 Å². The molecule has 150 valence electrons. The minimum Gasteiger partial charge on any atom is -0.483 e. The van der Waals surface area contributed by atoms with E-state index >= 15 is 0 Å². The molecule has 0 bridgehead atoms. The average molecular weight is 424 g/mol. The highest BCUT2D eigenvalue weighted by atomic mass is 35.5. The van der Waals surface area contributed by atoms with Gasteiger partial charge in [0.1, 0.15) is 11.6 Å². The van der Waals surface area contributed by atoms with E-state index in [1.54, 1.807) is 60.7 Å². The lowest BCUT2D eigenvalue weighted by Crippen LogP contribution is -2.20. The van der Waals surface area contributed by atoms with Gasteiger partial charge in [0.25, 0.3) is 11.8 Å². The van der Waals surface area contributed by atoms with Crippen LogP contribution in [-0.2, 0) is 4.79 Å². The van der Waals surface area contributed by atoms with Gasteiger partial charge in [-0.25, -0.2) is 4.39 Å². The lowest BCUT2D eigenvalue weighted by molar-refractivity contribution is -0.118. The van der Waals surface area contributed by atoms with Crippen LogP contribution in [0.5, 0.6) is 5.75 Å². The third-order valence-corrected chi connectivity index (χ3v) is 4.33. The monoisotopic (exact) mass is 423 g/mol. The zero-order chi connectivity index (χ0) is 20.9. The van der Waals surface area contributed by atoms with Crippen LogP contribution >= 0.6 is 11.6 Å². The zero-order valence-electron chi connectivity index (χ0n) is 15.5. The van der Waals surface area contributed by atoms with Crippen molar-refractivity contribution in [3.8, 4) is 28.6 Å². The zero-order valence-corrected chi connectivity index (χ0v) is 16.3. The fourth-order valence-corrected chi connectivity index (χ4v) is 2.95. The number of nitrogens with zero attached hydrogens (tertiary/aromatic N) is 2. The van der Waals surface area contributed by atoms with Crippen LogP contribution in [0.15, 0.2) is 77.3 Å². The predicted molar refractivity (Wildman–Crippen MR) is 111 cm³/mol. The van der Waals surface area contributed by atoms with Crippen molar-refractivity contribution >= 4 is 23.2 Å². The summed E-state index contributed by atoms with van der Waals surface area (Å²) in [7, 11) is 0. The molecule has 0 saturated carbocycles. The van der Waals surface area contributed by atoms with Gasteiger partial charge in [-0.15, -0.1) is 0 Å². The third kappa shape index (κ3) is 4.64. The van der Waals surface area contributed by atoms with E-state index < -0.39 is 5.82 Å². The molecule has 0 spiro atoms. The number of hydrogen-bond acceptors (Lipinski definition) is 5. The van der Waals surface area contributed by atoms with Gasteiger partial charge in [0, 0.05) is 16.3 Å². The molecule has 8 heteroatoms. The fraction of sp³-hybridized carbons (Fsp3) is 0.0455. The first-order valence-electron chi connectivity index (χ1n) is 8.96. The summed E-state index contributed by atoms with van der Waals surface area (Å²) in [5.41, 5.74) is 1.58. The van der Waals surface area contributed by atoms with Gasteiger partial charge in [0.05, 0.1) is 5.56 Å².